The summed E-state index contributed by atoms with van der Waals surface area (Å²) in [5.74, 6) is 4.38. The molecule has 4 aliphatic rings. The zero-order chi connectivity index (χ0) is 32.9. The highest BCUT2D eigenvalue weighted by Gasteiger charge is 2.32. The van der Waals surface area contributed by atoms with Crippen LogP contribution in [0, 0.1) is 34.5 Å². The number of fused-ring (bicyclic) bond motifs is 2. The van der Waals surface area contributed by atoms with Gasteiger partial charge in [-0.15, -0.1) is 0 Å². The summed E-state index contributed by atoms with van der Waals surface area (Å²) in [5, 5.41) is 9.34. The molecule has 0 amide bonds. The Hall–Kier alpha value is -2.33. The summed E-state index contributed by atoms with van der Waals surface area (Å²) >= 11 is 0. The summed E-state index contributed by atoms with van der Waals surface area (Å²) in [4.78, 5) is 11.0. The number of hydrogen-bond acceptors (Lipinski definition) is 4. The molecule has 4 aliphatic carbocycles. The number of aryl methyl sites for hydroxylation is 2. The molecule has 4 heteroatoms. The molecule has 0 aromatic heterocycles. The summed E-state index contributed by atoms with van der Waals surface area (Å²) in [6.45, 7) is 14.5. The highest BCUT2D eigenvalue weighted by molar-refractivity contribution is 5.56. The number of aldehydes is 1. The van der Waals surface area contributed by atoms with Gasteiger partial charge >= 0.3 is 0 Å². The van der Waals surface area contributed by atoms with Gasteiger partial charge in [-0.3, -0.25) is 0 Å². The molecule has 46 heavy (non-hydrogen) atoms. The molecule has 0 bridgehead atoms. The highest BCUT2D eigenvalue weighted by atomic mass is 16.5. The molecule has 2 atom stereocenters. The van der Waals surface area contributed by atoms with Crippen LogP contribution in [0.5, 0.6) is 11.5 Å². The lowest BCUT2D eigenvalue weighted by atomic mass is 9.72. The summed E-state index contributed by atoms with van der Waals surface area (Å²) in [7, 11) is 0. The molecular weight excluding hydrogens is 568 g/mol. The lowest BCUT2D eigenvalue weighted by Crippen LogP contribution is -2.30. The van der Waals surface area contributed by atoms with E-state index in [1.54, 1.807) is 0 Å². The number of aliphatic hydroxyl groups is 1. The Balaban J connectivity index is 0.000000181. The van der Waals surface area contributed by atoms with E-state index in [9.17, 15) is 9.90 Å². The third kappa shape index (κ3) is 9.39. The fourth-order valence-corrected chi connectivity index (χ4v) is 8.46. The van der Waals surface area contributed by atoms with E-state index in [4.69, 9.17) is 9.47 Å². The monoisotopic (exact) mass is 630 g/mol. The second-order valence-corrected chi connectivity index (χ2v) is 17.2. The van der Waals surface area contributed by atoms with Crippen LogP contribution in [0.3, 0.4) is 0 Å². The minimum atomic E-state index is 0.210. The van der Waals surface area contributed by atoms with Crippen LogP contribution in [0.4, 0.5) is 0 Å². The van der Waals surface area contributed by atoms with Gasteiger partial charge in [0.15, 0.2) is 0 Å². The van der Waals surface area contributed by atoms with Gasteiger partial charge in [-0.1, -0.05) is 53.7 Å². The zero-order valence-corrected chi connectivity index (χ0v) is 29.8. The predicted octanol–water partition coefficient (Wildman–Crippen LogP) is 9.74. The van der Waals surface area contributed by atoms with E-state index in [1.807, 2.05) is 0 Å². The van der Waals surface area contributed by atoms with Crippen LogP contribution in [0.15, 0.2) is 36.4 Å². The van der Waals surface area contributed by atoms with Gasteiger partial charge in [0, 0.05) is 12.5 Å². The van der Waals surface area contributed by atoms with Crippen LogP contribution in [0.1, 0.15) is 128 Å². The molecule has 254 valence electrons. The molecular formula is C42H62O4. The topological polar surface area (TPSA) is 55.8 Å². The van der Waals surface area contributed by atoms with Crippen molar-refractivity contribution in [1.29, 1.82) is 0 Å². The summed E-state index contributed by atoms with van der Waals surface area (Å²) in [5.41, 5.74) is 6.39. The molecule has 0 saturated heterocycles. The highest BCUT2D eigenvalue weighted by Crippen LogP contribution is 2.40. The van der Waals surface area contributed by atoms with E-state index < -0.39 is 0 Å². The average Bonchev–Trinajstić information content (AvgIpc) is 3.04. The van der Waals surface area contributed by atoms with Crippen LogP contribution < -0.4 is 9.47 Å². The fourth-order valence-electron chi connectivity index (χ4n) is 8.46. The fraction of sp³-hybridized carbons (Fsp3) is 0.690. The average molecular weight is 631 g/mol. The van der Waals surface area contributed by atoms with E-state index in [0.29, 0.717) is 35.6 Å². The van der Waals surface area contributed by atoms with E-state index in [2.05, 4.69) is 77.9 Å². The Morgan fingerprint density at radius 3 is 1.52 bits per heavy atom. The summed E-state index contributed by atoms with van der Waals surface area (Å²) < 4.78 is 12.6. The van der Waals surface area contributed by atoms with Crippen molar-refractivity contribution in [2.45, 2.75) is 144 Å². The van der Waals surface area contributed by atoms with Crippen molar-refractivity contribution in [3.8, 4) is 11.5 Å². The first-order valence-corrected chi connectivity index (χ1v) is 18.5. The SMILES string of the molecule is CC(C)(C)C1CCC(Oc2ccc3c(c2)CCC(C=O)C3)CC1.CC(C)(C)C1CCC(Oc2ccc3c(c2)CCC(CO)C3)CC1. The first kappa shape index (κ1) is 35.0. The van der Waals surface area contributed by atoms with Crippen LogP contribution in [0.2, 0.25) is 0 Å². The molecule has 2 unspecified atom stereocenters. The van der Waals surface area contributed by atoms with Crippen LogP contribution in [-0.4, -0.2) is 30.2 Å². The number of ether oxygens (including phenoxy) is 2. The van der Waals surface area contributed by atoms with Gasteiger partial charge in [0.25, 0.3) is 0 Å². The summed E-state index contributed by atoms with van der Waals surface area (Å²) in [6, 6.07) is 13.1. The van der Waals surface area contributed by atoms with Gasteiger partial charge in [-0.2, -0.15) is 0 Å². The van der Waals surface area contributed by atoms with Crippen molar-refractivity contribution < 1.29 is 19.4 Å². The van der Waals surface area contributed by atoms with E-state index in [1.165, 1.54) is 73.6 Å². The maximum atomic E-state index is 11.0. The van der Waals surface area contributed by atoms with Crippen LogP contribution in [0.25, 0.3) is 0 Å². The smallest absolute Gasteiger partial charge is 0.123 e. The Kier molecular flexibility index (Phi) is 11.6. The molecule has 0 radical (unpaired) electrons. The van der Waals surface area contributed by atoms with Crippen molar-refractivity contribution in [1.82, 2.24) is 0 Å². The molecule has 2 fully saturated rings. The zero-order valence-electron chi connectivity index (χ0n) is 29.8. The number of aliphatic hydroxyl groups excluding tert-OH is 1. The van der Waals surface area contributed by atoms with Crippen molar-refractivity contribution >= 4 is 6.29 Å². The maximum absolute atomic E-state index is 11.0. The largest absolute Gasteiger partial charge is 0.490 e. The third-order valence-corrected chi connectivity index (χ3v) is 11.8. The van der Waals surface area contributed by atoms with Gasteiger partial charge in [0.1, 0.15) is 17.8 Å². The molecule has 0 aliphatic heterocycles. The number of benzene rings is 2. The second-order valence-electron chi connectivity index (χ2n) is 17.2. The first-order chi connectivity index (χ1) is 21.9. The molecule has 1 N–H and O–H groups in total. The Morgan fingerprint density at radius 1 is 0.630 bits per heavy atom. The quantitative estimate of drug-likeness (QED) is 0.323. The molecule has 2 aromatic rings. The number of carbonyl (C=O) groups excluding carboxylic acids is 1. The third-order valence-electron chi connectivity index (χ3n) is 11.8. The van der Waals surface area contributed by atoms with Gasteiger partial charge in [0.2, 0.25) is 0 Å². The Bertz CT molecular complexity index is 1270. The van der Waals surface area contributed by atoms with Crippen molar-refractivity contribution in [2.75, 3.05) is 6.61 Å². The van der Waals surface area contributed by atoms with Gasteiger partial charge in [-0.25, -0.2) is 0 Å². The number of carbonyl (C=O) groups is 1. The van der Waals surface area contributed by atoms with Gasteiger partial charge in [-0.05, 0) is 165 Å². The number of hydrogen-bond donors (Lipinski definition) is 1. The number of rotatable bonds is 6. The van der Waals surface area contributed by atoms with Gasteiger partial charge < -0.3 is 19.4 Å². The lowest BCUT2D eigenvalue weighted by molar-refractivity contribution is -0.111. The van der Waals surface area contributed by atoms with Crippen molar-refractivity contribution in [2.24, 2.45) is 34.5 Å². The molecule has 6 rings (SSSR count). The Morgan fingerprint density at radius 2 is 1.09 bits per heavy atom. The lowest BCUT2D eigenvalue weighted by Gasteiger charge is -2.37. The standard InChI is InChI=1S/C21H32O2.C21H30O2/c2*1-21(2,3)18-7-10-19(11-8-18)23-20-9-6-16-12-15(14-22)4-5-17(16)13-20/h6,9,13,15,18-19,22H,4-5,7-8,10-12,14H2,1-3H3;6,9,13-15,18-19H,4-5,7-8,10-12H2,1-3H3. The predicted molar refractivity (Wildman–Crippen MR) is 189 cm³/mol. The second kappa shape index (κ2) is 15.3. The van der Waals surface area contributed by atoms with E-state index in [-0.39, 0.29) is 5.92 Å². The Labute approximate surface area is 280 Å². The maximum Gasteiger partial charge on any atom is 0.123 e. The first-order valence-electron chi connectivity index (χ1n) is 18.5. The molecule has 4 nitrogen and oxygen atoms in total. The molecule has 0 spiro atoms. The minimum Gasteiger partial charge on any atom is -0.490 e. The van der Waals surface area contributed by atoms with E-state index >= 15 is 0 Å². The van der Waals surface area contributed by atoms with Crippen molar-refractivity contribution in [3.63, 3.8) is 0 Å². The van der Waals surface area contributed by atoms with Gasteiger partial charge in [0.05, 0.1) is 12.2 Å². The van der Waals surface area contributed by atoms with E-state index in [0.717, 1.165) is 68.1 Å². The van der Waals surface area contributed by atoms with Crippen LogP contribution in [-0.2, 0) is 30.5 Å². The summed E-state index contributed by atoms with van der Waals surface area (Å²) in [6.07, 6.45) is 17.8. The normalized spacial score (nSPS) is 28.2. The van der Waals surface area contributed by atoms with Crippen molar-refractivity contribution in [3.05, 3.63) is 58.7 Å². The molecule has 0 heterocycles. The molecule has 2 aromatic carbocycles. The van der Waals surface area contributed by atoms with Crippen LogP contribution >= 0.6 is 0 Å². The minimum absolute atomic E-state index is 0.210. The molecule has 2 saturated carbocycles.